The Morgan fingerprint density at radius 3 is 2.47 bits per heavy atom. The summed E-state index contributed by atoms with van der Waals surface area (Å²) in [6.07, 6.45) is 5.14. The summed E-state index contributed by atoms with van der Waals surface area (Å²) in [4.78, 5) is 19.8. The van der Waals surface area contributed by atoms with E-state index in [4.69, 9.17) is 4.98 Å². The molecule has 4 nitrogen and oxygen atoms in total. The van der Waals surface area contributed by atoms with Gasteiger partial charge in [0.05, 0.1) is 17.6 Å². The first kappa shape index (κ1) is 22.0. The molecular weight excluding hydrogens is 377 g/mol. The van der Waals surface area contributed by atoms with Gasteiger partial charge in [-0.25, -0.2) is 9.37 Å². The van der Waals surface area contributed by atoms with Gasteiger partial charge in [0.25, 0.3) is 5.91 Å². The Hall–Kier alpha value is -2.69. The van der Waals surface area contributed by atoms with Crippen LogP contribution in [0.5, 0.6) is 0 Å². The second-order valence-corrected chi connectivity index (χ2v) is 7.84. The Morgan fingerprint density at radius 1 is 1.03 bits per heavy atom. The Morgan fingerprint density at radius 2 is 1.80 bits per heavy atom. The van der Waals surface area contributed by atoms with Crippen molar-refractivity contribution < 1.29 is 9.18 Å². The van der Waals surface area contributed by atoms with Gasteiger partial charge in [0, 0.05) is 18.7 Å². The average Bonchev–Trinajstić information content (AvgIpc) is 3.08. The Balaban J connectivity index is 1.86. The number of aromatic nitrogens is 2. The van der Waals surface area contributed by atoms with Crippen molar-refractivity contribution in [2.45, 2.75) is 66.0 Å². The van der Waals surface area contributed by atoms with Gasteiger partial charge >= 0.3 is 0 Å². The van der Waals surface area contributed by atoms with E-state index in [0.717, 1.165) is 55.5 Å². The summed E-state index contributed by atoms with van der Waals surface area (Å²) in [6, 6.07) is 12.7. The lowest BCUT2D eigenvalue weighted by Gasteiger charge is -2.22. The normalized spacial score (nSPS) is 11.2. The molecule has 0 saturated carbocycles. The molecule has 0 radical (unpaired) electrons. The van der Waals surface area contributed by atoms with Crippen LogP contribution in [0.1, 0.15) is 68.2 Å². The monoisotopic (exact) mass is 409 g/mol. The van der Waals surface area contributed by atoms with Crippen LogP contribution < -0.4 is 0 Å². The van der Waals surface area contributed by atoms with Gasteiger partial charge in [0.2, 0.25) is 0 Å². The van der Waals surface area contributed by atoms with Gasteiger partial charge in [-0.2, -0.15) is 0 Å². The molecule has 0 unspecified atom stereocenters. The van der Waals surface area contributed by atoms with E-state index in [1.54, 1.807) is 6.07 Å². The number of benzene rings is 2. The van der Waals surface area contributed by atoms with Crippen LogP contribution in [0.3, 0.4) is 0 Å². The van der Waals surface area contributed by atoms with Crippen molar-refractivity contribution in [3.05, 3.63) is 65.2 Å². The smallest absolute Gasteiger partial charge is 0.254 e. The highest BCUT2D eigenvalue weighted by Gasteiger charge is 2.19. The molecule has 3 aromatic rings. The summed E-state index contributed by atoms with van der Waals surface area (Å²) in [5, 5.41) is 0. The van der Waals surface area contributed by atoms with Crippen molar-refractivity contribution in [2.24, 2.45) is 0 Å². The number of nitrogens with zero attached hydrogens (tertiary/aromatic N) is 3. The largest absolute Gasteiger partial charge is 0.331 e. The minimum Gasteiger partial charge on any atom is -0.331 e. The van der Waals surface area contributed by atoms with E-state index in [2.05, 4.69) is 32.9 Å². The zero-order chi connectivity index (χ0) is 21.5. The molecule has 1 aromatic heterocycles. The predicted molar refractivity (Wildman–Crippen MR) is 120 cm³/mol. The molecule has 0 spiro atoms. The number of carbonyl (C=O) groups excluding carboxylic acids is 1. The summed E-state index contributed by atoms with van der Waals surface area (Å²) >= 11 is 0. The van der Waals surface area contributed by atoms with E-state index in [1.807, 2.05) is 21.6 Å². The second-order valence-electron chi connectivity index (χ2n) is 7.84. The van der Waals surface area contributed by atoms with Gasteiger partial charge in [-0.1, -0.05) is 39.3 Å². The van der Waals surface area contributed by atoms with E-state index < -0.39 is 0 Å². The summed E-state index contributed by atoms with van der Waals surface area (Å²) in [6.45, 7) is 8.15. The number of halogens is 1. The van der Waals surface area contributed by atoms with E-state index in [0.29, 0.717) is 18.7 Å². The number of unbranched alkanes of at least 4 members (excludes halogenated alkanes) is 1. The number of hydrogen-bond donors (Lipinski definition) is 0. The van der Waals surface area contributed by atoms with Gasteiger partial charge in [0.15, 0.2) is 0 Å². The minimum atomic E-state index is -0.268. The van der Waals surface area contributed by atoms with E-state index in [-0.39, 0.29) is 11.7 Å². The number of amides is 1. The number of fused-ring (bicyclic) bond motifs is 1. The van der Waals surface area contributed by atoms with Crippen molar-refractivity contribution in [3.8, 4) is 0 Å². The van der Waals surface area contributed by atoms with Crippen molar-refractivity contribution in [3.63, 3.8) is 0 Å². The number of aryl methyl sites for hydroxylation is 2. The van der Waals surface area contributed by atoms with Crippen molar-refractivity contribution >= 4 is 16.9 Å². The first-order valence-corrected chi connectivity index (χ1v) is 11.1. The topological polar surface area (TPSA) is 38.1 Å². The summed E-state index contributed by atoms with van der Waals surface area (Å²) < 4.78 is 15.8. The summed E-state index contributed by atoms with van der Waals surface area (Å²) in [7, 11) is 0. The molecule has 0 atom stereocenters. The molecule has 1 heterocycles. The molecule has 160 valence electrons. The van der Waals surface area contributed by atoms with Crippen molar-refractivity contribution in [2.75, 3.05) is 6.54 Å². The zero-order valence-electron chi connectivity index (χ0n) is 18.3. The van der Waals surface area contributed by atoms with Crippen LogP contribution in [0, 0.1) is 5.82 Å². The molecule has 0 aliphatic heterocycles. The maximum absolute atomic E-state index is 13.8. The molecule has 0 N–H and O–H groups in total. The van der Waals surface area contributed by atoms with Gasteiger partial charge in [-0.3, -0.25) is 4.79 Å². The van der Waals surface area contributed by atoms with Crippen molar-refractivity contribution in [1.82, 2.24) is 14.5 Å². The lowest BCUT2D eigenvalue weighted by Crippen LogP contribution is -2.32. The molecule has 2 aromatic carbocycles. The lowest BCUT2D eigenvalue weighted by molar-refractivity contribution is 0.0737. The molecule has 0 aliphatic carbocycles. The van der Waals surface area contributed by atoms with Crippen LogP contribution in [0.4, 0.5) is 4.39 Å². The minimum absolute atomic E-state index is 0.0141. The number of hydrogen-bond acceptors (Lipinski definition) is 2. The summed E-state index contributed by atoms with van der Waals surface area (Å²) in [5.74, 6) is 0.551. The molecule has 0 fully saturated rings. The first-order chi connectivity index (χ1) is 14.6. The molecule has 30 heavy (non-hydrogen) atoms. The van der Waals surface area contributed by atoms with Crippen molar-refractivity contribution in [1.29, 1.82) is 0 Å². The standard InChI is InChI=1S/C25H32FN3O/c1-4-7-8-19-9-11-20(12-10-19)25(30)28(15-5-2)18-24-27-22-14-13-21(26)17-23(22)29(24)16-6-3/h9-14,17H,4-8,15-16,18H2,1-3H3. The SMILES string of the molecule is CCCCc1ccc(C(=O)N(CCC)Cc2nc3ccc(F)cc3n2CCC)cc1. The molecule has 1 amide bonds. The average molecular weight is 410 g/mol. The van der Waals surface area contributed by atoms with Crippen LogP contribution >= 0.6 is 0 Å². The lowest BCUT2D eigenvalue weighted by atomic mass is 10.1. The molecule has 0 aliphatic rings. The highest BCUT2D eigenvalue weighted by Crippen LogP contribution is 2.20. The molecule has 3 rings (SSSR count). The Labute approximate surface area is 178 Å². The predicted octanol–water partition coefficient (Wildman–Crippen LogP) is 5.98. The fraction of sp³-hybridized carbons (Fsp3) is 0.440. The maximum Gasteiger partial charge on any atom is 0.254 e. The highest BCUT2D eigenvalue weighted by atomic mass is 19.1. The Bertz CT molecular complexity index is 978. The summed E-state index contributed by atoms with van der Waals surface area (Å²) in [5.41, 5.74) is 3.52. The molecule has 0 saturated heterocycles. The van der Waals surface area contributed by atoms with Crippen LogP contribution in [-0.4, -0.2) is 26.9 Å². The maximum atomic E-state index is 13.8. The van der Waals surface area contributed by atoms with Gasteiger partial charge < -0.3 is 9.47 Å². The van der Waals surface area contributed by atoms with Crippen LogP contribution in [0.2, 0.25) is 0 Å². The van der Waals surface area contributed by atoms with Crippen LogP contribution in [0.25, 0.3) is 11.0 Å². The second kappa shape index (κ2) is 10.4. The number of carbonyl (C=O) groups is 1. The quantitative estimate of drug-likeness (QED) is 0.413. The number of imidazole rings is 1. The van der Waals surface area contributed by atoms with Crippen LogP contribution in [-0.2, 0) is 19.5 Å². The van der Waals surface area contributed by atoms with Gasteiger partial charge in [-0.15, -0.1) is 0 Å². The third kappa shape index (κ3) is 5.07. The fourth-order valence-electron chi connectivity index (χ4n) is 3.81. The van der Waals surface area contributed by atoms with E-state index in [9.17, 15) is 9.18 Å². The number of rotatable bonds is 10. The van der Waals surface area contributed by atoms with E-state index >= 15 is 0 Å². The fourth-order valence-corrected chi connectivity index (χ4v) is 3.81. The molecular formula is C25H32FN3O. The zero-order valence-corrected chi connectivity index (χ0v) is 18.3. The third-order valence-electron chi connectivity index (χ3n) is 5.37. The third-order valence-corrected chi connectivity index (χ3v) is 5.37. The molecule has 5 heteroatoms. The first-order valence-electron chi connectivity index (χ1n) is 11.1. The highest BCUT2D eigenvalue weighted by molar-refractivity contribution is 5.94. The van der Waals surface area contributed by atoms with Crippen LogP contribution in [0.15, 0.2) is 42.5 Å². The van der Waals surface area contributed by atoms with E-state index in [1.165, 1.54) is 17.7 Å². The van der Waals surface area contributed by atoms with Gasteiger partial charge in [0.1, 0.15) is 11.6 Å². The molecule has 0 bridgehead atoms. The Kier molecular flexibility index (Phi) is 7.61. The van der Waals surface area contributed by atoms with Gasteiger partial charge in [-0.05, 0) is 61.6 Å².